The van der Waals surface area contributed by atoms with Crippen molar-refractivity contribution in [1.82, 2.24) is 9.88 Å². The number of piperidine rings is 1. The molecule has 18 heavy (non-hydrogen) atoms. The van der Waals surface area contributed by atoms with Crippen molar-refractivity contribution in [1.29, 1.82) is 0 Å². The average molecular weight is 268 g/mol. The standard InChI is InChI=1S/C14H24N2OS/c1-10(2)16-7-5-4-6-13(16)14-15-12(9-18-14)8-11(3)17/h9-11,13,17H,4-8H2,1-3H3. The second-order valence-corrected chi connectivity index (χ2v) is 6.46. The zero-order chi connectivity index (χ0) is 13.1. The molecular weight excluding hydrogens is 244 g/mol. The van der Waals surface area contributed by atoms with E-state index < -0.39 is 0 Å². The van der Waals surface area contributed by atoms with Crippen LogP contribution >= 0.6 is 11.3 Å². The quantitative estimate of drug-likeness (QED) is 0.912. The van der Waals surface area contributed by atoms with Crippen LogP contribution in [-0.4, -0.2) is 33.7 Å². The molecule has 1 aliphatic heterocycles. The molecule has 0 spiro atoms. The number of likely N-dealkylation sites (tertiary alicyclic amines) is 1. The summed E-state index contributed by atoms with van der Waals surface area (Å²) in [6.45, 7) is 7.54. The smallest absolute Gasteiger partial charge is 0.110 e. The maximum absolute atomic E-state index is 9.42. The fraction of sp³-hybridized carbons (Fsp3) is 0.786. The number of nitrogens with zero attached hydrogens (tertiary/aromatic N) is 2. The second-order valence-electron chi connectivity index (χ2n) is 5.57. The van der Waals surface area contributed by atoms with E-state index in [0.29, 0.717) is 18.5 Å². The van der Waals surface area contributed by atoms with Gasteiger partial charge in [-0.2, -0.15) is 0 Å². The van der Waals surface area contributed by atoms with Gasteiger partial charge in [-0.15, -0.1) is 11.3 Å². The van der Waals surface area contributed by atoms with Gasteiger partial charge in [0, 0.05) is 17.8 Å². The zero-order valence-corrected chi connectivity index (χ0v) is 12.4. The Labute approximate surface area is 114 Å². The lowest BCUT2D eigenvalue weighted by atomic mass is 10.0. The Morgan fingerprint density at radius 2 is 2.22 bits per heavy atom. The summed E-state index contributed by atoms with van der Waals surface area (Å²) in [4.78, 5) is 7.29. The van der Waals surface area contributed by atoms with Gasteiger partial charge in [0.2, 0.25) is 0 Å². The molecule has 2 unspecified atom stereocenters. The van der Waals surface area contributed by atoms with Crippen LogP contribution in [0.4, 0.5) is 0 Å². The van der Waals surface area contributed by atoms with Crippen molar-refractivity contribution in [2.75, 3.05) is 6.54 Å². The summed E-state index contributed by atoms with van der Waals surface area (Å²) in [6, 6.07) is 1.07. The molecule has 1 aromatic heterocycles. The summed E-state index contributed by atoms with van der Waals surface area (Å²) >= 11 is 1.76. The third kappa shape index (κ3) is 3.31. The van der Waals surface area contributed by atoms with Crippen LogP contribution in [0.15, 0.2) is 5.38 Å². The molecule has 1 saturated heterocycles. The summed E-state index contributed by atoms with van der Waals surface area (Å²) in [5.74, 6) is 0. The summed E-state index contributed by atoms with van der Waals surface area (Å²) in [7, 11) is 0. The Bertz CT molecular complexity index is 376. The van der Waals surface area contributed by atoms with Gasteiger partial charge in [0.25, 0.3) is 0 Å². The number of aliphatic hydroxyl groups is 1. The Balaban J connectivity index is 2.10. The van der Waals surface area contributed by atoms with E-state index in [2.05, 4.69) is 24.1 Å². The molecule has 2 rings (SSSR count). The maximum atomic E-state index is 9.42. The Morgan fingerprint density at radius 3 is 2.89 bits per heavy atom. The fourth-order valence-corrected chi connectivity index (χ4v) is 3.70. The number of hydrogen-bond donors (Lipinski definition) is 1. The summed E-state index contributed by atoms with van der Waals surface area (Å²) in [5.41, 5.74) is 1.04. The van der Waals surface area contributed by atoms with Crippen molar-refractivity contribution in [3.8, 4) is 0 Å². The number of hydrogen-bond acceptors (Lipinski definition) is 4. The first-order valence-corrected chi connectivity index (χ1v) is 7.84. The molecule has 0 aromatic carbocycles. The third-order valence-corrected chi connectivity index (χ3v) is 4.56. The number of aromatic nitrogens is 1. The molecular formula is C14H24N2OS. The normalized spacial score (nSPS) is 23.5. The van der Waals surface area contributed by atoms with Gasteiger partial charge in [-0.1, -0.05) is 6.42 Å². The van der Waals surface area contributed by atoms with Crippen LogP contribution in [0.1, 0.15) is 56.8 Å². The number of aliphatic hydroxyl groups excluding tert-OH is 1. The largest absolute Gasteiger partial charge is 0.393 e. The minimum atomic E-state index is -0.299. The molecule has 1 aromatic rings. The molecule has 0 bridgehead atoms. The zero-order valence-electron chi connectivity index (χ0n) is 11.6. The lowest BCUT2D eigenvalue weighted by Crippen LogP contribution is -2.38. The van der Waals surface area contributed by atoms with Crippen molar-refractivity contribution >= 4 is 11.3 Å². The molecule has 0 radical (unpaired) electrons. The van der Waals surface area contributed by atoms with Gasteiger partial charge < -0.3 is 5.11 Å². The molecule has 1 N–H and O–H groups in total. The van der Waals surface area contributed by atoms with Gasteiger partial charge in [-0.3, -0.25) is 4.90 Å². The van der Waals surface area contributed by atoms with E-state index in [1.165, 1.54) is 30.8 Å². The molecule has 0 saturated carbocycles. The minimum Gasteiger partial charge on any atom is -0.393 e. The highest BCUT2D eigenvalue weighted by Crippen LogP contribution is 2.34. The van der Waals surface area contributed by atoms with Crippen molar-refractivity contribution in [3.63, 3.8) is 0 Å². The Kier molecular flexibility index (Phi) is 4.76. The van der Waals surface area contributed by atoms with E-state index in [1.54, 1.807) is 11.3 Å². The summed E-state index contributed by atoms with van der Waals surface area (Å²) in [6.07, 6.45) is 4.21. The fourth-order valence-electron chi connectivity index (χ4n) is 2.71. The highest BCUT2D eigenvalue weighted by Gasteiger charge is 2.28. The minimum absolute atomic E-state index is 0.299. The van der Waals surface area contributed by atoms with Crippen LogP contribution in [0, 0.1) is 0 Å². The SMILES string of the molecule is CC(O)Cc1csc(C2CCCCN2C(C)C)n1. The third-order valence-electron chi connectivity index (χ3n) is 3.57. The van der Waals surface area contributed by atoms with Gasteiger partial charge in [0.1, 0.15) is 5.01 Å². The van der Waals surface area contributed by atoms with Crippen LogP contribution in [-0.2, 0) is 6.42 Å². The van der Waals surface area contributed by atoms with E-state index in [-0.39, 0.29) is 6.10 Å². The number of thiazole rings is 1. The van der Waals surface area contributed by atoms with Crippen LogP contribution in [0.3, 0.4) is 0 Å². The predicted molar refractivity (Wildman–Crippen MR) is 75.9 cm³/mol. The molecule has 2 atom stereocenters. The molecule has 4 heteroatoms. The Hall–Kier alpha value is -0.450. The van der Waals surface area contributed by atoms with Crippen LogP contribution < -0.4 is 0 Å². The molecule has 2 heterocycles. The monoisotopic (exact) mass is 268 g/mol. The first-order valence-electron chi connectivity index (χ1n) is 6.96. The van der Waals surface area contributed by atoms with Gasteiger partial charge in [-0.05, 0) is 40.2 Å². The first kappa shape index (κ1) is 14.0. The van der Waals surface area contributed by atoms with E-state index in [0.717, 1.165) is 5.69 Å². The highest BCUT2D eigenvalue weighted by molar-refractivity contribution is 7.09. The molecule has 0 aliphatic carbocycles. The van der Waals surface area contributed by atoms with Gasteiger partial charge in [0.15, 0.2) is 0 Å². The maximum Gasteiger partial charge on any atom is 0.110 e. The van der Waals surface area contributed by atoms with E-state index >= 15 is 0 Å². The topological polar surface area (TPSA) is 36.4 Å². The molecule has 3 nitrogen and oxygen atoms in total. The van der Waals surface area contributed by atoms with Gasteiger partial charge in [0.05, 0.1) is 17.8 Å². The van der Waals surface area contributed by atoms with Crippen molar-refractivity contribution in [2.45, 2.75) is 64.6 Å². The summed E-state index contributed by atoms with van der Waals surface area (Å²) < 4.78 is 0. The van der Waals surface area contributed by atoms with E-state index in [9.17, 15) is 5.11 Å². The highest BCUT2D eigenvalue weighted by atomic mass is 32.1. The lowest BCUT2D eigenvalue weighted by molar-refractivity contribution is 0.111. The predicted octanol–water partition coefficient (Wildman–Crippen LogP) is 3.00. The van der Waals surface area contributed by atoms with Crippen LogP contribution in [0.2, 0.25) is 0 Å². The molecule has 1 fully saturated rings. The summed E-state index contributed by atoms with van der Waals surface area (Å²) in [5, 5.41) is 12.8. The molecule has 1 aliphatic rings. The van der Waals surface area contributed by atoms with Crippen LogP contribution in [0.25, 0.3) is 0 Å². The second kappa shape index (κ2) is 6.13. The van der Waals surface area contributed by atoms with Gasteiger partial charge in [-0.25, -0.2) is 4.98 Å². The van der Waals surface area contributed by atoms with E-state index in [1.807, 2.05) is 6.92 Å². The molecule has 0 amide bonds. The number of rotatable bonds is 4. The van der Waals surface area contributed by atoms with Gasteiger partial charge >= 0.3 is 0 Å². The first-order chi connectivity index (χ1) is 8.58. The average Bonchev–Trinajstić information content (AvgIpc) is 2.76. The Morgan fingerprint density at radius 1 is 1.44 bits per heavy atom. The van der Waals surface area contributed by atoms with Crippen molar-refractivity contribution in [3.05, 3.63) is 16.1 Å². The van der Waals surface area contributed by atoms with Crippen molar-refractivity contribution < 1.29 is 5.11 Å². The molecule has 102 valence electrons. The van der Waals surface area contributed by atoms with Crippen LogP contribution in [0.5, 0.6) is 0 Å². The van der Waals surface area contributed by atoms with E-state index in [4.69, 9.17) is 4.98 Å². The van der Waals surface area contributed by atoms with Crippen molar-refractivity contribution in [2.24, 2.45) is 0 Å². The lowest BCUT2D eigenvalue weighted by Gasteiger charge is -2.37.